The zero-order valence-corrected chi connectivity index (χ0v) is 18.7. The van der Waals surface area contributed by atoms with Crippen LogP contribution in [0.1, 0.15) is 84.4 Å². The second kappa shape index (κ2) is 8.71. The van der Waals surface area contributed by atoms with E-state index >= 15 is 0 Å². The third kappa shape index (κ3) is 4.50. The summed E-state index contributed by atoms with van der Waals surface area (Å²) in [4.78, 5) is 27.0. The number of rotatable bonds is 6. The highest BCUT2D eigenvalue weighted by molar-refractivity contribution is 5.80. The van der Waals surface area contributed by atoms with Gasteiger partial charge in [-0.1, -0.05) is 13.8 Å². The molecular formula is C24H38N4O. The molecule has 0 spiro atoms. The number of ketones is 1. The van der Waals surface area contributed by atoms with Gasteiger partial charge in [0.15, 0.2) is 0 Å². The van der Waals surface area contributed by atoms with Crippen molar-refractivity contribution in [1.29, 1.82) is 0 Å². The summed E-state index contributed by atoms with van der Waals surface area (Å²) in [6.45, 7) is 11.0. The maximum absolute atomic E-state index is 12.1. The topological polar surface area (TPSA) is 49.3 Å². The van der Waals surface area contributed by atoms with Gasteiger partial charge < -0.3 is 4.90 Å². The van der Waals surface area contributed by atoms with Crippen LogP contribution in [0.4, 0.5) is 5.82 Å². The van der Waals surface area contributed by atoms with Crippen molar-refractivity contribution in [3.05, 3.63) is 18.1 Å². The molecule has 3 fully saturated rings. The average Bonchev–Trinajstić information content (AvgIpc) is 2.97. The van der Waals surface area contributed by atoms with Crippen LogP contribution in [0.15, 0.2) is 12.3 Å². The van der Waals surface area contributed by atoms with Crippen LogP contribution in [0.2, 0.25) is 0 Å². The normalized spacial score (nSPS) is 30.3. The molecule has 0 N–H and O–H groups in total. The quantitative estimate of drug-likeness (QED) is 0.710. The molecule has 160 valence electrons. The summed E-state index contributed by atoms with van der Waals surface area (Å²) in [5, 5.41) is 0. The van der Waals surface area contributed by atoms with E-state index in [4.69, 9.17) is 4.98 Å². The molecule has 3 aliphatic rings. The summed E-state index contributed by atoms with van der Waals surface area (Å²) in [6, 6.07) is 3.93. The van der Waals surface area contributed by atoms with Crippen molar-refractivity contribution in [3.63, 3.8) is 0 Å². The van der Waals surface area contributed by atoms with Crippen LogP contribution in [0.3, 0.4) is 0 Å². The maximum atomic E-state index is 12.1. The van der Waals surface area contributed by atoms with Crippen LogP contribution >= 0.6 is 0 Å². The Balaban J connectivity index is 1.40. The zero-order chi connectivity index (χ0) is 20.5. The molecule has 5 heteroatoms. The lowest BCUT2D eigenvalue weighted by molar-refractivity contribution is -0.123. The number of nitrogens with zero attached hydrogens (tertiary/aromatic N) is 4. The second-order valence-electron chi connectivity index (χ2n) is 10.2. The van der Waals surface area contributed by atoms with E-state index in [0.29, 0.717) is 35.7 Å². The van der Waals surface area contributed by atoms with Gasteiger partial charge in [-0.2, -0.15) is 0 Å². The molecule has 2 saturated heterocycles. The van der Waals surface area contributed by atoms with Crippen LogP contribution in [-0.2, 0) is 4.79 Å². The minimum atomic E-state index is 0.166. The van der Waals surface area contributed by atoms with Crippen LogP contribution < -0.4 is 4.90 Å². The van der Waals surface area contributed by atoms with Gasteiger partial charge in [-0.05, 0) is 64.4 Å². The number of likely N-dealkylation sites (tertiary alicyclic amines) is 1. The van der Waals surface area contributed by atoms with E-state index in [1.807, 2.05) is 20.0 Å². The lowest BCUT2D eigenvalue weighted by atomic mass is 9.78. The lowest BCUT2D eigenvalue weighted by Gasteiger charge is -2.43. The Morgan fingerprint density at radius 2 is 1.69 bits per heavy atom. The molecule has 0 amide bonds. The molecule has 2 aliphatic heterocycles. The van der Waals surface area contributed by atoms with Crippen molar-refractivity contribution >= 4 is 11.6 Å². The molecule has 1 saturated carbocycles. The molecule has 0 aromatic carbocycles. The summed E-state index contributed by atoms with van der Waals surface area (Å²) < 4.78 is 0. The molecule has 29 heavy (non-hydrogen) atoms. The van der Waals surface area contributed by atoms with E-state index < -0.39 is 0 Å². The third-order valence-electron chi connectivity index (χ3n) is 7.51. The number of anilines is 1. The Morgan fingerprint density at radius 1 is 1.03 bits per heavy atom. The van der Waals surface area contributed by atoms with Crippen LogP contribution in [0, 0.1) is 11.8 Å². The Hall–Kier alpha value is -1.49. The third-order valence-corrected chi connectivity index (χ3v) is 7.51. The van der Waals surface area contributed by atoms with Gasteiger partial charge in [-0.3, -0.25) is 9.69 Å². The first-order valence-electron chi connectivity index (χ1n) is 11.8. The largest absolute Gasteiger partial charge is 0.348 e. The molecule has 1 aromatic heterocycles. The monoisotopic (exact) mass is 398 g/mol. The van der Waals surface area contributed by atoms with E-state index in [-0.39, 0.29) is 5.92 Å². The molecule has 4 rings (SSSR count). The van der Waals surface area contributed by atoms with Crippen molar-refractivity contribution in [2.75, 3.05) is 18.0 Å². The summed E-state index contributed by atoms with van der Waals surface area (Å²) in [6.07, 6.45) is 9.80. The van der Waals surface area contributed by atoms with Gasteiger partial charge in [0.2, 0.25) is 0 Å². The standard InChI is InChI=1S/C24H38N4O/c1-16(2)22(29)13-18-5-7-19(8-6-18)24-25-12-11-23(26-24)28-20-9-10-21(28)15-27(14-20)17(3)4/h11-12,16-21H,5-10,13-15H2,1-4H3. The predicted molar refractivity (Wildman–Crippen MR) is 117 cm³/mol. The van der Waals surface area contributed by atoms with Gasteiger partial charge in [0.1, 0.15) is 17.4 Å². The van der Waals surface area contributed by atoms with E-state index in [1.165, 1.54) is 12.8 Å². The number of piperazine rings is 1. The maximum Gasteiger partial charge on any atom is 0.135 e. The molecular weight excluding hydrogens is 360 g/mol. The number of Topliss-reactive ketones (excluding diaryl/α,β-unsaturated/α-hetero) is 1. The van der Waals surface area contributed by atoms with Gasteiger partial charge in [-0.15, -0.1) is 0 Å². The molecule has 2 bridgehead atoms. The van der Waals surface area contributed by atoms with E-state index in [1.54, 1.807) is 0 Å². The zero-order valence-electron chi connectivity index (χ0n) is 18.7. The summed E-state index contributed by atoms with van der Waals surface area (Å²) in [7, 11) is 0. The molecule has 1 aromatic rings. The highest BCUT2D eigenvalue weighted by atomic mass is 16.1. The van der Waals surface area contributed by atoms with Crippen LogP contribution in [0.25, 0.3) is 0 Å². The fourth-order valence-electron chi connectivity index (χ4n) is 5.58. The smallest absolute Gasteiger partial charge is 0.135 e. The lowest BCUT2D eigenvalue weighted by Crippen LogP contribution is -2.55. The minimum Gasteiger partial charge on any atom is -0.348 e. The molecule has 1 aliphatic carbocycles. The highest BCUT2D eigenvalue weighted by Crippen LogP contribution is 2.38. The number of hydrogen-bond donors (Lipinski definition) is 0. The van der Waals surface area contributed by atoms with Gasteiger partial charge in [0.05, 0.1) is 0 Å². The molecule has 5 nitrogen and oxygen atoms in total. The number of aromatic nitrogens is 2. The summed E-state index contributed by atoms with van der Waals surface area (Å²) >= 11 is 0. The molecule has 2 unspecified atom stereocenters. The number of carbonyl (C=O) groups is 1. The minimum absolute atomic E-state index is 0.166. The van der Waals surface area contributed by atoms with E-state index in [9.17, 15) is 4.79 Å². The first kappa shape index (κ1) is 20.8. The van der Waals surface area contributed by atoms with Crippen molar-refractivity contribution in [2.45, 2.75) is 96.7 Å². The number of fused-ring (bicyclic) bond motifs is 2. The van der Waals surface area contributed by atoms with E-state index in [2.05, 4.69) is 34.7 Å². The van der Waals surface area contributed by atoms with Crippen molar-refractivity contribution < 1.29 is 4.79 Å². The first-order chi connectivity index (χ1) is 13.9. The van der Waals surface area contributed by atoms with Gasteiger partial charge in [0.25, 0.3) is 0 Å². The Kier molecular flexibility index (Phi) is 6.24. The van der Waals surface area contributed by atoms with Gasteiger partial charge in [-0.25, -0.2) is 9.97 Å². The fourth-order valence-corrected chi connectivity index (χ4v) is 5.58. The van der Waals surface area contributed by atoms with Gasteiger partial charge >= 0.3 is 0 Å². The SMILES string of the molecule is CC(C)C(=O)CC1CCC(c2nccc(N3C4CCC3CN(C(C)C)C4)n2)CC1. The first-order valence-corrected chi connectivity index (χ1v) is 11.8. The second-order valence-corrected chi connectivity index (χ2v) is 10.2. The van der Waals surface area contributed by atoms with Gasteiger partial charge in [0, 0.05) is 55.7 Å². The Bertz CT molecular complexity index is 697. The number of carbonyl (C=O) groups excluding carboxylic acids is 1. The Morgan fingerprint density at radius 3 is 2.28 bits per heavy atom. The van der Waals surface area contributed by atoms with Crippen LogP contribution in [-0.4, -0.2) is 51.9 Å². The van der Waals surface area contributed by atoms with Crippen LogP contribution in [0.5, 0.6) is 0 Å². The molecule has 3 heterocycles. The number of hydrogen-bond acceptors (Lipinski definition) is 5. The average molecular weight is 399 g/mol. The van der Waals surface area contributed by atoms with Crippen molar-refractivity contribution in [2.24, 2.45) is 11.8 Å². The Labute approximate surface area is 176 Å². The summed E-state index contributed by atoms with van der Waals surface area (Å²) in [5.41, 5.74) is 0. The predicted octanol–water partition coefficient (Wildman–Crippen LogP) is 4.43. The molecule has 2 atom stereocenters. The fraction of sp³-hybridized carbons (Fsp3) is 0.792. The van der Waals surface area contributed by atoms with Crippen molar-refractivity contribution in [3.8, 4) is 0 Å². The van der Waals surface area contributed by atoms with E-state index in [0.717, 1.165) is 56.8 Å². The van der Waals surface area contributed by atoms with Crippen molar-refractivity contribution in [1.82, 2.24) is 14.9 Å². The highest BCUT2D eigenvalue weighted by Gasteiger charge is 2.41. The summed E-state index contributed by atoms with van der Waals surface area (Å²) in [5.74, 6) is 3.77. The molecule has 0 radical (unpaired) electrons.